The predicted molar refractivity (Wildman–Crippen MR) is 97.1 cm³/mol. The molecule has 0 amide bonds. The summed E-state index contributed by atoms with van der Waals surface area (Å²) in [7, 11) is 1.88. The number of aryl methyl sites for hydroxylation is 2. The van der Waals surface area contributed by atoms with Gasteiger partial charge in [-0.1, -0.05) is 12.1 Å². The molecule has 3 N–H and O–H groups in total. The van der Waals surface area contributed by atoms with Crippen LogP contribution in [0, 0.1) is 5.82 Å². The van der Waals surface area contributed by atoms with Crippen LogP contribution >= 0.6 is 0 Å². The maximum absolute atomic E-state index is 12.9. The number of halogens is 1. The van der Waals surface area contributed by atoms with Crippen molar-refractivity contribution in [1.29, 1.82) is 0 Å². The van der Waals surface area contributed by atoms with Gasteiger partial charge in [-0.3, -0.25) is 4.79 Å². The van der Waals surface area contributed by atoms with Crippen molar-refractivity contribution in [2.45, 2.75) is 44.6 Å². The van der Waals surface area contributed by atoms with Crippen molar-refractivity contribution >= 4 is 5.78 Å². The quantitative estimate of drug-likeness (QED) is 0.686. The number of nitrogens with zero attached hydrogens (tertiary/aromatic N) is 1. The van der Waals surface area contributed by atoms with E-state index in [-0.39, 0.29) is 18.2 Å². The summed E-state index contributed by atoms with van der Waals surface area (Å²) in [5, 5.41) is 9.23. The molecule has 5 heteroatoms. The number of aliphatic hydroxyl groups is 1. The fourth-order valence-electron chi connectivity index (χ4n) is 2.81. The number of rotatable bonds is 9. The summed E-state index contributed by atoms with van der Waals surface area (Å²) in [6, 6.07) is 10.2. The second-order valence-corrected chi connectivity index (χ2v) is 6.98. The molecule has 2 rings (SSSR count). The van der Waals surface area contributed by atoms with E-state index in [0.717, 1.165) is 24.1 Å². The maximum Gasteiger partial charge on any atom is 0.179 e. The highest BCUT2D eigenvalue weighted by atomic mass is 19.1. The second-order valence-electron chi connectivity index (χ2n) is 6.98. The van der Waals surface area contributed by atoms with Gasteiger partial charge in [-0.25, -0.2) is 4.39 Å². The van der Waals surface area contributed by atoms with Crippen LogP contribution < -0.4 is 5.73 Å². The number of nitrogens with two attached hydrogens (primary N) is 1. The highest BCUT2D eigenvalue weighted by Crippen LogP contribution is 2.16. The minimum Gasteiger partial charge on any atom is -0.394 e. The first-order valence-corrected chi connectivity index (χ1v) is 8.64. The molecule has 0 aliphatic rings. The molecule has 1 heterocycles. The molecule has 0 saturated carbocycles. The van der Waals surface area contributed by atoms with Crippen molar-refractivity contribution in [2.24, 2.45) is 12.8 Å². The topological polar surface area (TPSA) is 68.2 Å². The first-order chi connectivity index (χ1) is 11.8. The lowest BCUT2D eigenvalue weighted by molar-refractivity contribution is 0.0972. The molecule has 0 aliphatic heterocycles. The highest BCUT2D eigenvalue weighted by Gasteiger charge is 2.19. The molecule has 25 heavy (non-hydrogen) atoms. The van der Waals surface area contributed by atoms with Gasteiger partial charge in [0, 0.05) is 24.7 Å². The zero-order valence-corrected chi connectivity index (χ0v) is 15.0. The third kappa shape index (κ3) is 5.51. The first-order valence-electron chi connectivity index (χ1n) is 8.64. The van der Waals surface area contributed by atoms with Crippen molar-refractivity contribution < 1.29 is 14.3 Å². The fourth-order valence-corrected chi connectivity index (χ4v) is 2.81. The molecule has 4 nitrogen and oxygen atoms in total. The Kier molecular flexibility index (Phi) is 6.51. The van der Waals surface area contributed by atoms with E-state index in [9.17, 15) is 14.3 Å². The molecule has 1 atom stereocenters. The monoisotopic (exact) mass is 346 g/mol. The molecular weight excluding hydrogens is 319 g/mol. The van der Waals surface area contributed by atoms with E-state index in [0.29, 0.717) is 25.0 Å². The van der Waals surface area contributed by atoms with Gasteiger partial charge < -0.3 is 15.4 Å². The van der Waals surface area contributed by atoms with E-state index in [1.807, 2.05) is 30.7 Å². The lowest BCUT2D eigenvalue weighted by Gasteiger charge is -2.21. The highest BCUT2D eigenvalue weighted by molar-refractivity contribution is 5.94. The summed E-state index contributed by atoms with van der Waals surface area (Å²) in [4.78, 5) is 12.4. The maximum atomic E-state index is 12.9. The minimum absolute atomic E-state index is 0.0629. The van der Waals surface area contributed by atoms with Crippen molar-refractivity contribution in [3.63, 3.8) is 0 Å². The van der Waals surface area contributed by atoms with E-state index < -0.39 is 5.54 Å². The Hall–Kier alpha value is -1.98. The van der Waals surface area contributed by atoms with Gasteiger partial charge in [-0.05, 0) is 62.4 Å². The van der Waals surface area contributed by atoms with Crippen LogP contribution in [0.5, 0.6) is 0 Å². The number of carbonyl (C=O) groups excluding carboxylic acids is 1. The molecule has 0 unspecified atom stereocenters. The molecule has 0 fully saturated rings. The van der Waals surface area contributed by atoms with Crippen molar-refractivity contribution in [2.75, 3.05) is 6.61 Å². The number of hydrogen-bond acceptors (Lipinski definition) is 3. The van der Waals surface area contributed by atoms with Gasteiger partial charge in [0.25, 0.3) is 0 Å². The van der Waals surface area contributed by atoms with E-state index in [4.69, 9.17) is 5.73 Å². The van der Waals surface area contributed by atoms with E-state index in [1.54, 1.807) is 12.1 Å². The smallest absolute Gasteiger partial charge is 0.179 e. The summed E-state index contributed by atoms with van der Waals surface area (Å²) >= 11 is 0. The van der Waals surface area contributed by atoms with Crippen LogP contribution in [0.25, 0.3) is 0 Å². The van der Waals surface area contributed by atoms with Crippen LogP contribution in [0.3, 0.4) is 0 Å². The molecule has 0 saturated heterocycles. The van der Waals surface area contributed by atoms with E-state index in [2.05, 4.69) is 0 Å². The SMILES string of the molecule is Cn1c(CC[C@@](C)(N)CO)ccc1C(=O)CCCc1ccc(F)cc1. The van der Waals surface area contributed by atoms with E-state index >= 15 is 0 Å². The van der Waals surface area contributed by atoms with Gasteiger partial charge in [0.2, 0.25) is 0 Å². The molecule has 0 aliphatic carbocycles. The van der Waals surface area contributed by atoms with Crippen LogP contribution in [-0.2, 0) is 19.9 Å². The molecule has 136 valence electrons. The van der Waals surface area contributed by atoms with Gasteiger partial charge in [-0.15, -0.1) is 0 Å². The molecule has 2 aromatic rings. The largest absolute Gasteiger partial charge is 0.394 e. The molecule has 0 spiro atoms. The summed E-state index contributed by atoms with van der Waals surface area (Å²) in [6.45, 7) is 1.75. The normalized spacial score (nSPS) is 13.6. The van der Waals surface area contributed by atoms with Crippen molar-refractivity contribution in [3.8, 4) is 0 Å². The number of benzene rings is 1. The summed E-state index contributed by atoms with van der Waals surface area (Å²) in [6.07, 6.45) is 3.31. The zero-order chi connectivity index (χ0) is 18.4. The third-order valence-electron chi connectivity index (χ3n) is 4.61. The summed E-state index contributed by atoms with van der Waals surface area (Å²) in [5.74, 6) is -0.139. The van der Waals surface area contributed by atoms with Crippen LogP contribution in [-0.4, -0.2) is 27.6 Å². The fraction of sp³-hybridized carbons (Fsp3) is 0.450. The third-order valence-corrected chi connectivity index (χ3v) is 4.61. The average molecular weight is 346 g/mol. The Morgan fingerprint density at radius 2 is 1.88 bits per heavy atom. The minimum atomic E-state index is -0.608. The molecular formula is C20H27FN2O2. The predicted octanol–water partition coefficient (Wildman–Crippen LogP) is 3.01. The Morgan fingerprint density at radius 1 is 1.20 bits per heavy atom. The number of aliphatic hydroxyl groups excluding tert-OH is 1. The van der Waals surface area contributed by atoms with Gasteiger partial charge in [0.1, 0.15) is 5.82 Å². The average Bonchev–Trinajstić information content (AvgIpc) is 2.96. The van der Waals surface area contributed by atoms with Crippen LogP contribution in [0.15, 0.2) is 36.4 Å². The molecule has 0 bridgehead atoms. The first kappa shape index (κ1) is 19.3. The van der Waals surface area contributed by atoms with Gasteiger partial charge in [0.05, 0.1) is 12.3 Å². The number of Topliss-reactive ketones (excluding diaryl/α,β-unsaturated/α-hetero) is 1. The molecule has 0 radical (unpaired) electrons. The number of aromatic nitrogens is 1. The van der Waals surface area contributed by atoms with Gasteiger partial charge in [0.15, 0.2) is 5.78 Å². The Balaban J connectivity index is 1.88. The molecule has 1 aromatic carbocycles. The van der Waals surface area contributed by atoms with Gasteiger partial charge in [-0.2, -0.15) is 0 Å². The standard InChI is InChI=1S/C20H27FN2O2/c1-20(22,14-24)13-12-17-10-11-18(23(17)2)19(25)5-3-4-15-6-8-16(21)9-7-15/h6-11,24H,3-5,12-14,22H2,1-2H3/t20-/m1/s1. The van der Waals surface area contributed by atoms with Crippen molar-refractivity contribution in [1.82, 2.24) is 4.57 Å². The Bertz CT molecular complexity index is 705. The van der Waals surface area contributed by atoms with Crippen molar-refractivity contribution in [3.05, 3.63) is 59.2 Å². The number of carbonyl (C=O) groups is 1. The van der Waals surface area contributed by atoms with Crippen LogP contribution in [0.4, 0.5) is 4.39 Å². The van der Waals surface area contributed by atoms with Crippen LogP contribution in [0.1, 0.15) is 47.9 Å². The number of ketones is 1. The van der Waals surface area contributed by atoms with Gasteiger partial charge >= 0.3 is 0 Å². The van der Waals surface area contributed by atoms with Crippen LogP contribution in [0.2, 0.25) is 0 Å². The lowest BCUT2D eigenvalue weighted by atomic mass is 9.97. The Labute approximate surface area is 148 Å². The zero-order valence-electron chi connectivity index (χ0n) is 15.0. The lowest BCUT2D eigenvalue weighted by Crippen LogP contribution is -2.40. The molecule has 1 aromatic heterocycles. The summed E-state index contributed by atoms with van der Waals surface area (Å²) in [5.41, 5.74) is 8.11. The van der Waals surface area contributed by atoms with E-state index in [1.165, 1.54) is 12.1 Å². The Morgan fingerprint density at radius 3 is 2.52 bits per heavy atom. The number of hydrogen-bond donors (Lipinski definition) is 2. The summed E-state index contributed by atoms with van der Waals surface area (Å²) < 4.78 is 14.8. The second kappa shape index (κ2) is 8.41.